The molecule has 1 aromatic carbocycles. The highest BCUT2D eigenvalue weighted by Crippen LogP contribution is 2.19. The minimum atomic E-state index is -0.321. The van der Waals surface area contributed by atoms with Crippen LogP contribution in [-0.4, -0.2) is 23.1 Å². The first-order chi connectivity index (χ1) is 12.9. The predicted octanol–water partition coefficient (Wildman–Crippen LogP) is 1.94. The molecule has 0 aliphatic rings. The highest BCUT2D eigenvalue weighted by molar-refractivity contribution is 5.76. The van der Waals surface area contributed by atoms with Gasteiger partial charge in [0, 0.05) is 32.0 Å². The van der Waals surface area contributed by atoms with Crippen LogP contribution in [-0.2, 0) is 27.1 Å². The van der Waals surface area contributed by atoms with Crippen LogP contribution in [0.2, 0.25) is 0 Å². The van der Waals surface area contributed by atoms with Crippen molar-refractivity contribution < 1.29 is 0 Å². The van der Waals surface area contributed by atoms with E-state index in [1.807, 2.05) is 48.1 Å². The number of aryl methyl sites for hydroxylation is 4. The normalized spacial score (nSPS) is 11.7. The second-order valence-electron chi connectivity index (χ2n) is 7.04. The van der Waals surface area contributed by atoms with Crippen molar-refractivity contribution in [1.82, 2.24) is 23.1 Å². The summed E-state index contributed by atoms with van der Waals surface area (Å²) in [5.41, 5.74) is 3.50. The van der Waals surface area contributed by atoms with Crippen LogP contribution < -0.4 is 11.2 Å². The van der Waals surface area contributed by atoms with Crippen molar-refractivity contribution in [3.05, 3.63) is 68.1 Å². The predicted molar refractivity (Wildman–Crippen MR) is 105 cm³/mol. The summed E-state index contributed by atoms with van der Waals surface area (Å²) in [6.07, 6.45) is 1.54. The van der Waals surface area contributed by atoms with Gasteiger partial charge >= 0.3 is 5.69 Å². The first kappa shape index (κ1) is 17.3. The van der Waals surface area contributed by atoms with Gasteiger partial charge in [0.25, 0.3) is 5.56 Å². The van der Waals surface area contributed by atoms with Gasteiger partial charge < -0.3 is 4.57 Å². The summed E-state index contributed by atoms with van der Waals surface area (Å²) >= 11 is 0. The molecule has 4 aromatic rings. The van der Waals surface area contributed by atoms with Crippen LogP contribution in [0.1, 0.15) is 23.4 Å². The van der Waals surface area contributed by atoms with Crippen molar-refractivity contribution >= 4 is 16.9 Å². The lowest BCUT2D eigenvalue weighted by Gasteiger charge is -2.08. The van der Waals surface area contributed by atoms with E-state index in [9.17, 15) is 9.59 Å². The minimum absolute atomic E-state index is 0.276. The molecule has 0 spiro atoms. The van der Waals surface area contributed by atoms with Crippen LogP contribution in [0.15, 0.2) is 39.9 Å². The number of aromatic nitrogens is 5. The van der Waals surface area contributed by atoms with Crippen molar-refractivity contribution in [2.24, 2.45) is 14.1 Å². The van der Waals surface area contributed by atoms with Gasteiger partial charge in [0.05, 0.1) is 0 Å². The smallest absolute Gasteiger partial charge is 0.317 e. The van der Waals surface area contributed by atoms with Gasteiger partial charge in [-0.1, -0.05) is 30.3 Å². The van der Waals surface area contributed by atoms with Gasteiger partial charge in [-0.3, -0.25) is 18.3 Å². The number of hydrogen-bond donors (Lipinski definition) is 0. The number of fused-ring (bicyclic) bond motifs is 3. The number of rotatable bonds is 4. The molecule has 0 N–H and O–H groups in total. The maximum absolute atomic E-state index is 13.2. The van der Waals surface area contributed by atoms with Gasteiger partial charge in [0.1, 0.15) is 0 Å². The number of benzene rings is 1. The number of hydrogen-bond acceptors (Lipinski definition) is 3. The van der Waals surface area contributed by atoms with Gasteiger partial charge in [-0.15, -0.1) is 0 Å². The molecule has 0 bridgehead atoms. The molecule has 7 heteroatoms. The lowest BCUT2D eigenvalue weighted by molar-refractivity contribution is 0.572. The van der Waals surface area contributed by atoms with Crippen molar-refractivity contribution in [3.63, 3.8) is 0 Å². The number of nitrogens with zero attached hydrogens (tertiary/aromatic N) is 5. The van der Waals surface area contributed by atoms with E-state index in [4.69, 9.17) is 0 Å². The molecule has 0 saturated carbocycles. The third-order valence-corrected chi connectivity index (χ3v) is 5.48. The zero-order valence-electron chi connectivity index (χ0n) is 16.1. The molecule has 4 rings (SSSR count). The highest BCUT2D eigenvalue weighted by atomic mass is 16.2. The molecular weight excluding hydrogens is 342 g/mol. The molecule has 0 atom stereocenters. The minimum Gasteiger partial charge on any atom is -0.317 e. The number of imidazole rings is 2. The molecule has 0 aliphatic carbocycles. The molecule has 3 aromatic heterocycles. The van der Waals surface area contributed by atoms with E-state index >= 15 is 0 Å². The molecule has 3 heterocycles. The fraction of sp³-hybridized carbons (Fsp3) is 0.350. The van der Waals surface area contributed by atoms with Gasteiger partial charge in [-0.25, -0.2) is 4.79 Å². The monoisotopic (exact) mass is 365 g/mol. The van der Waals surface area contributed by atoms with Crippen LogP contribution in [0, 0.1) is 13.8 Å². The summed E-state index contributed by atoms with van der Waals surface area (Å²) in [7, 11) is 3.59. The zero-order chi connectivity index (χ0) is 19.3. The third kappa shape index (κ3) is 2.53. The maximum Gasteiger partial charge on any atom is 0.332 e. The van der Waals surface area contributed by atoms with Crippen molar-refractivity contribution in [1.29, 1.82) is 0 Å². The Hall–Kier alpha value is -3.09. The third-order valence-electron chi connectivity index (χ3n) is 5.48. The van der Waals surface area contributed by atoms with E-state index in [-0.39, 0.29) is 11.2 Å². The van der Waals surface area contributed by atoms with E-state index in [1.54, 1.807) is 7.05 Å². The lowest BCUT2D eigenvalue weighted by atomic mass is 10.1. The second kappa shape index (κ2) is 6.26. The van der Waals surface area contributed by atoms with Crippen LogP contribution in [0.5, 0.6) is 0 Å². The Bertz CT molecular complexity index is 1270. The molecule has 7 nitrogen and oxygen atoms in total. The maximum atomic E-state index is 13.2. The average molecular weight is 365 g/mol. The van der Waals surface area contributed by atoms with E-state index in [2.05, 4.69) is 17.1 Å². The fourth-order valence-corrected chi connectivity index (χ4v) is 3.69. The van der Waals surface area contributed by atoms with Gasteiger partial charge in [0.15, 0.2) is 11.2 Å². The quantitative estimate of drug-likeness (QED) is 0.555. The summed E-state index contributed by atoms with van der Waals surface area (Å²) in [6, 6.07) is 10.1. The molecule has 27 heavy (non-hydrogen) atoms. The van der Waals surface area contributed by atoms with E-state index in [1.165, 1.54) is 14.7 Å². The largest absolute Gasteiger partial charge is 0.332 e. The SMILES string of the molecule is Cc1c(C)n2c3c(=O)n(CCCc4ccccc4)c(=O)n(C)c3nc2n1C. The van der Waals surface area contributed by atoms with Crippen molar-refractivity contribution in [2.45, 2.75) is 33.2 Å². The summed E-state index contributed by atoms with van der Waals surface area (Å²) in [4.78, 5) is 30.5. The Balaban J connectivity index is 1.84. The standard InChI is InChI=1S/C20H23N5O2/c1-13-14(2)25-16-17(21-19(25)22(13)3)23(4)20(27)24(18(16)26)12-8-11-15-9-6-5-7-10-15/h5-7,9-10H,8,11-12H2,1-4H3. The summed E-state index contributed by atoms with van der Waals surface area (Å²) in [5, 5.41) is 0. The molecular formula is C20H23N5O2. The molecule has 140 valence electrons. The highest BCUT2D eigenvalue weighted by Gasteiger charge is 2.21. The molecule has 0 amide bonds. The summed E-state index contributed by atoms with van der Waals surface area (Å²) in [6.45, 7) is 4.35. The van der Waals surface area contributed by atoms with Crippen LogP contribution in [0.3, 0.4) is 0 Å². The molecule has 0 aliphatic heterocycles. The first-order valence-corrected chi connectivity index (χ1v) is 9.09. The lowest BCUT2D eigenvalue weighted by Crippen LogP contribution is -2.39. The van der Waals surface area contributed by atoms with Crippen LogP contribution in [0.4, 0.5) is 0 Å². The molecule has 0 fully saturated rings. The van der Waals surface area contributed by atoms with Crippen LogP contribution in [0.25, 0.3) is 16.9 Å². The first-order valence-electron chi connectivity index (χ1n) is 9.09. The van der Waals surface area contributed by atoms with Gasteiger partial charge in [-0.2, -0.15) is 4.98 Å². The zero-order valence-corrected chi connectivity index (χ0v) is 16.1. The van der Waals surface area contributed by atoms with E-state index < -0.39 is 0 Å². The molecule has 0 radical (unpaired) electrons. The molecule has 0 unspecified atom stereocenters. The Morgan fingerprint density at radius 1 is 0.963 bits per heavy atom. The van der Waals surface area contributed by atoms with Gasteiger partial charge in [-0.05, 0) is 32.3 Å². The summed E-state index contributed by atoms with van der Waals surface area (Å²) in [5.74, 6) is 0.675. The van der Waals surface area contributed by atoms with E-state index in [0.717, 1.165) is 24.2 Å². The second-order valence-corrected chi connectivity index (χ2v) is 7.04. The Labute approximate surface area is 156 Å². The topological polar surface area (TPSA) is 66.2 Å². The van der Waals surface area contributed by atoms with Crippen molar-refractivity contribution in [2.75, 3.05) is 0 Å². The Morgan fingerprint density at radius 3 is 2.37 bits per heavy atom. The van der Waals surface area contributed by atoms with Crippen LogP contribution >= 0.6 is 0 Å². The fourth-order valence-electron chi connectivity index (χ4n) is 3.69. The Kier molecular flexibility index (Phi) is 4.02. The van der Waals surface area contributed by atoms with Gasteiger partial charge in [0.2, 0.25) is 5.78 Å². The Morgan fingerprint density at radius 2 is 1.67 bits per heavy atom. The molecule has 0 saturated heterocycles. The summed E-state index contributed by atoms with van der Waals surface area (Å²) < 4.78 is 6.61. The van der Waals surface area contributed by atoms with E-state index in [0.29, 0.717) is 23.5 Å². The average Bonchev–Trinajstić information content (AvgIpc) is 3.16. The van der Waals surface area contributed by atoms with Crippen molar-refractivity contribution in [3.8, 4) is 0 Å².